The second-order valence-electron chi connectivity index (χ2n) is 3.23. The largest absolute Gasteiger partial charge is 0.359 e. The monoisotopic (exact) mass is 174 g/mol. The Morgan fingerprint density at radius 3 is 2.50 bits per heavy atom. The van der Waals surface area contributed by atoms with E-state index in [1.807, 2.05) is 0 Å². The highest BCUT2D eigenvalue weighted by Crippen LogP contribution is 2.07. The zero-order valence-corrected chi connectivity index (χ0v) is 8.64. The van der Waals surface area contributed by atoms with Gasteiger partial charge in [0.25, 0.3) is 0 Å². The molecule has 0 unspecified atom stereocenters. The molecule has 1 atom stereocenters. The van der Waals surface area contributed by atoms with Gasteiger partial charge in [-0.25, -0.2) is 0 Å². The Morgan fingerprint density at radius 2 is 1.92 bits per heavy atom. The Hall–Kier alpha value is -0.0800. The molecule has 0 rings (SSSR count). The third-order valence-corrected chi connectivity index (χ3v) is 1.93. The highest BCUT2D eigenvalue weighted by atomic mass is 16.7. The molecule has 0 saturated heterocycles. The molecule has 0 bridgehead atoms. The second-order valence-corrected chi connectivity index (χ2v) is 3.23. The topological polar surface area (TPSA) is 18.5 Å². The maximum atomic E-state index is 5.35. The van der Waals surface area contributed by atoms with Crippen LogP contribution in [0.5, 0.6) is 0 Å². The van der Waals surface area contributed by atoms with E-state index in [1.165, 1.54) is 25.7 Å². The van der Waals surface area contributed by atoms with Gasteiger partial charge in [0.05, 0.1) is 6.10 Å². The molecular weight excluding hydrogens is 152 g/mol. The van der Waals surface area contributed by atoms with E-state index in [2.05, 4.69) is 13.8 Å². The van der Waals surface area contributed by atoms with Crippen molar-refractivity contribution in [2.75, 3.05) is 13.9 Å². The first kappa shape index (κ1) is 11.9. The van der Waals surface area contributed by atoms with Crippen molar-refractivity contribution in [2.24, 2.45) is 0 Å². The number of unbranched alkanes of at least 4 members (excludes halogenated alkanes) is 3. The molecule has 0 aliphatic rings. The van der Waals surface area contributed by atoms with E-state index in [0.29, 0.717) is 12.9 Å². The Morgan fingerprint density at radius 1 is 1.17 bits per heavy atom. The first-order valence-corrected chi connectivity index (χ1v) is 4.91. The van der Waals surface area contributed by atoms with Gasteiger partial charge < -0.3 is 9.47 Å². The molecule has 0 radical (unpaired) electrons. The summed E-state index contributed by atoms with van der Waals surface area (Å²) >= 11 is 0. The average Bonchev–Trinajstić information content (AvgIpc) is 2.09. The number of methoxy groups -OCH3 is 1. The molecule has 0 saturated carbocycles. The normalized spacial score (nSPS) is 13.2. The maximum absolute atomic E-state index is 5.35. The molecule has 12 heavy (non-hydrogen) atoms. The lowest BCUT2D eigenvalue weighted by atomic mass is 10.1. The number of ether oxygens (including phenoxy) is 2. The van der Waals surface area contributed by atoms with Crippen LogP contribution in [0.15, 0.2) is 0 Å². The van der Waals surface area contributed by atoms with E-state index in [1.54, 1.807) is 7.11 Å². The number of hydrogen-bond acceptors (Lipinski definition) is 2. The molecule has 0 aromatic rings. The summed E-state index contributed by atoms with van der Waals surface area (Å²) in [5.41, 5.74) is 0. The van der Waals surface area contributed by atoms with E-state index in [0.717, 1.165) is 6.42 Å². The molecule has 0 fully saturated rings. The van der Waals surface area contributed by atoms with E-state index in [9.17, 15) is 0 Å². The smallest absolute Gasteiger partial charge is 0.146 e. The van der Waals surface area contributed by atoms with Crippen LogP contribution >= 0.6 is 0 Å². The van der Waals surface area contributed by atoms with Crippen molar-refractivity contribution in [3.8, 4) is 0 Å². The van der Waals surface area contributed by atoms with Gasteiger partial charge in [-0.1, -0.05) is 32.6 Å². The van der Waals surface area contributed by atoms with Crippen LogP contribution in [0.4, 0.5) is 0 Å². The lowest BCUT2D eigenvalue weighted by Gasteiger charge is -2.11. The molecule has 0 aliphatic carbocycles. The molecule has 0 aromatic heterocycles. The summed E-state index contributed by atoms with van der Waals surface area (Å²) in [6.07, 6.45) is 6.76. The summed E-state index contributed by atoms with van der Waals surface area (Å²) < 4.78 is 10.2. The minimum Gasteiger partial charge on any atom is -0.359 e. The number of hydrogen-bond donors (Lipinski definition) is 0. The van der Waals surface area contributed by atoms with Crippen molar-refractivity contribution < 1.29 is 9.47 Å². The number of rotatable bonds is 8. The summed E-state index contributed by atoms with van der Waals surface area (Å²) in [5, 5.41) is 0. The molecule has 0 aromatic carbocycles. The maximum Gasteiger partial charge on any atom is 0.146 e. The minimum absolute atomic E-state index is 0.349. The SMILES string of the molecule is CCCCCC[C@@H](C)OCOC. The predicted octanol–water partition coefficient (Wildman–Crippen LogP) is 2.97. The van der Waals surface area contributed by atoms with Crippen molar-refractivity contribution in [1.82, 2.24) is 0 Å². The summed E-state index contributed by atoms with van der Waals surface area (Å²) in [6.45, 7) is 4.75. The second kappa shape index (κ2) is 9.01. The summed E-state index contributed by atoms with van der Waals surface area (Å²) in [7, 11) is 1.66. The van der Waals surface area contributed by atoms with Gasteiger partial charge in [-0.05, 0) is 13.3 Å². The van der Waals surface area contributed by atoms with Crippen LogP contribution in [-0.4, -0.2) is 20.0 Å². The van der Waals surface area contributed by atoms with Crippen LogP contribution < -0.4 is 0 Å². The van der Waals surface area contributed by atoms with E-state index in [4.69, 9.17) is 9.47 Å². The Balaban J connectivity index is 3.02. The predicted molar refractivity (Wildman–Crippen MR) is 51.2 cm³/mol. The lowest BCUT2D eigenvalue weighted by Crippen LogP contribution is -2.09. The van der Waals surface area contributed by atoms with Crippen LogP contribution in [0.2, 0.25) is 0 Å². The third-order valence-electron chi connectivity index (χ3n) is 1.93. The first-order chi connectivity index (χ1) is 5.81. The Kier molecular flexibility index (Phi) is 8.95. The zero-order chi connectivity index (χ0) is 9.23. The van der Waals surface area contributed by atoms with Crippen molar-refractivity contribution in [3.05, 3.63) is 0 Å². The molecule has 0 heterocycles. The summed E-state index contributed by atoms with van der Waals surface area (Å²) in [6, 6.07) is 0. The molecule has 2 nitrogen and oxygen atoms in total. The van der Waals surface area contributed by atoms with Gasteiger partial charge in [0.15, 0.2) is 0 Å². The van der Waals surface area contributed by atoms with Gasteiger partial charge in [-0.15, -0.1) is 0 Å². The first-order valence-electron chi connectivity index (χ1n) is 4.91. The minimum atomic E-state index is 0.349. The molecular formula is C10H22O2. The van der Waals surface area contributed by atoms with Crippen LogP contribution in [0.25, 0.3) is 0 Å². The van der Waals surface area contributed by atoms with Gasteiger partial charge in [0.2, 0.25) is 0 Å². The van der Waals surface area contributed by atoms with E-state index < -0.39 is 0 Å². The highest BCUT2D eigenvalue weighted by molar-refractivity contribution is 4.50. The molecule has 2 heteroatoms. The zero-order valence-electron chi connectivity index (χ0n) is 8.64. The average molecular weight is 174 g/mol. The molecule has 0 amide bonds. The van der Waals surface area contributed by atoms with Crippen molar-refractivity contribution in [3.63, 3.8) is 0 Å². The van der Waals surface area contributed by atoms with Crippen molar-refractivity contribution in [2.45, 2.75) is 52.1 Å². The fraction of sp³-hybridized carbons (Fsp3) is 1.00. The van der Waals surface area contributed by atoms with Gasteiger partial charge in [0.1, 0.15) is 6.79 Å². The standard InChI is InChI=1S/C10H22O2/c1-4-5-6-7-8-10(2)12-9-11-3/h10H,4-9H2,1-3H3/t10-/m1/s1. The molecule has 0 aliphatic heterocycles. The van der Waals surface area contributed by atoms with Crippen LogP contribution in [0.3, 0.4) is 0 Å². The quantitative estimate of drug-likeness (QED) is 0.416. The van der Waals surface area contributed by atoms with Gasteiger partial charge in [-0.2, -0.15) is 0 Å². The summed E-state index contributed by atoms with van der Waals surface area (Å²) in [4.78, 5) is 0. The Bertz CT molecular complexity index is 83.9. The van der Waals surface area contributed by atoms with Crippen molar-refractivity contribution >= 4 is 0 Å². The van der Waals surface area contributed by atoms with Gasteiger partial charge >= 0.3 is 0 Å². The van der Waals surface area contributed by atoms with E-state index >= 15 is 0 Å². The van der Waals surface area contributed by atoms with Crippen molar-refractivity contribution in [1.29, 1.82) is 0 Å². The molecule has 0 N–H and O–H groups in total. The van der Waals surface area contributed by atoms with Gasteiger partial charge in [0, 0.05) is 7.11 Å². The highest BCUT2D eigenvalue weighted by Gasteiger charge is 2.00. The third kappa shape index (κ3) is 8.02. The van der Waals surface area contributed by atoms with E-state index in [-0.39, 0.29) is 0 Å². The van der Waals surface area contributed by atoms with Crippen LogP contribution in [0.1, 0.15) is 46.0 Å². The van der Waals surface area contributed by atoms with Crippen LogP contribution in [-0.2, 0) is 9.47 Å². The van der Waals surface area contributed by atoms with Crippen LogP contribution in [0, 0.1) is 0 Å². The fourth-order valence-corrected chi connectivity index (χ4v) is 1.13. The lowest BCUT2D eigenvalue weighted by molar-refractivity contribution is -0.0679. The molecule has 0 spiro atoms. The summed E-state index contributed by atoms with van der Waals surface area (Å²) in [5.74, 6) is 0. The Labute approximate surface area is 76.3 Å². The molecule has 74 valence electrons. The van der Waals surface area contributed by atoms with Gasteiger partial charge in [-0.3, -0.25) is 0 Å². The fourth-order valence-electron chi connectivity index (χ4n) is 1.13.